The number of hydrogen-bond acceptors (Lipinski definition) is 3. The first-order valence-electron chi connectivity index (χ1n) is 4.18. The van der Waals surface area contributed by atoms with E-state index in [9.17, 15) is 13.6 Å². The first kappa shape index (κ1) is 12.6. The van der Waals surface area contributed by atoms with E-state index in [1.807, 2.05) is 0 Å². The van der Waals surface area contributed by atoms with Crippen molar-refractivity contribution in [1.29, 1.82) is 0 Å². The van der Waals surface area contributed by atoms with Crippen LogP contribution in [0.2, 0.25) is 5.02 Å². The van der Waals surface area contributed by atoms with Crippen molar-refractivity contribution >= 4 is 17.6 Å². The van der Waals surface area contributed by atoms with Crippen LogP contribution in [0.5, 0.6) is 5.75 Å². The molecule has 1 N–H and O–H groups in total. The average molecular weight is 252 g/mol. The van der Waals surface area contributed by atoms with Gasteiger partial charge in [0.2, 0.25) is 0 Å². The lowest BCUT2D eigenvalue weighted by Crippen LogP contribution is -2.06. The Kier molecular flexibility index (Phi) is 4.00. The highest BCUT2D eigenvalue weighted by atomic mass is 35.5. The Balaban J connectivity index is 3.23. The highest BCUT2D eigenvalue weighted by molar-refractivity contribution is 6.33. The normalized spacial score (nSPS) is 10.6. The second-order valence-electron chi connectivity index (χ2n) is 2.88. The van der Waals surface area contributed by atoms with Gasteiger partial charge in [-0.1, -0.05) is 11.6 Å². The van der Waals surface area contributed by atoms with Crippen molar-refractivity contribution in [2.45, 2.75) is 12.8 Å². The van der Waals surface area contributed by atoms with Crippen LogP contribution >= 0.6 is 11.6 Å². The number of carboxylic acids is 1. The van der Waals surface area contributed by atoms with Gasteiger partial charge in [-0.3, -0.25) is 9.78 Å². The molecule has 0 bridgehead atoms. The number of aromatic nitrogens is 1. The quantitative estimate of drug-likeness (QED) is 0.892. The molecule has 88 valence electrons. The number of carboxylic acid groups (broad SMARTS) is 1. The maximum absolute atomic E-state index is 12.4. The molecule has 1 aromatic heterocycles. The summed E-state index contributed by atoms with van der Waals surface area (Å²) in [7, 11) is 1.21. The van der Waals surface area contributed by atoms with Crippen molar-refractivity contribution in [3.63, 3.8) is 0 Å². The summed E-state index contributed by atoms with van der Waals surface area (Å²) in [6.45, 7) is 0. The van der Waals surface area contributed by atoms with Crippen LogP contribution in [0.25, 0.3) is 0 Å². The second kappa shape index (κ2) is 5.07. The molecule has 7 heteroatoms. The van der Waals surface area contributed by atoms with Crippen LogP contribution in [-0.4, -0.2) is 23.2 Å². The zero-order valence-corrected chi connectivity index (χ0v) is 8.96. The Morgan fingerprint density at radius 1 is 1.69 bits per heavy atom. The van der Waals surface area contributed by atoms with Crippen LogP contribution in [0.3, 0.4) is 0 Å². The van der Waals surface area contributed by atoms with Gasteiger partial charge < -0.3 is 9.84 Å². The van der Waals surface area contributed by atoms with Crippen LogP contribution in [-0.2, 0) is 11.2 Å². The molecule has 16 heavy (non-hydrogen) atoms. The molecule has 1 rings (SSSR count). The molecule has 0 amide bonds. The largest absolute Gasteiger partial charge is 0.493 e. The third-order valence-corrected chi connectivity index (χ3v) is 2.22. The molecule has 0 atom stereocenters. The van der Waals surface area contributed by atoms with Crippen molar-refractivity contribution in [3.05, 3.63) is 22.5 Å². The fourth-order valence-electron chi connectivity index (χ4n) is 1.15. The molecule has 0 spiro atoms. The first-order chi connectivity index (χ1) is 7.47. The Labute approximate surface area is 94.8 Å². The third kappa shape index (κ3) is 2.57. The molecule has 1 heterocycles. The number of carbonyl (C=O) groups is 1. The van der Waals surface area contributed by atoms with Crippen LogP contribution in [0, 0.1) is 0 Å². The van der Waals surface area contributed by atoms with E-state index < -0.39 is 24.4 Å². The van der Waals surface area contributed by atoms with Gasteiger partial charge in [0.15, 0.2) is 5.75 Å². The zero-order valence-electron chi connectivity index (χ0n) is 8.21. The highest BCUT2D eigenvalue weighted by Gasteiger charge is 2.20. The SMILES string of the molecule is COc1c(CC(=O)O)ncc(C(F)F)c1Cl. The smallest absolute Gasteiger partial charge is 0.309 e. The molecular weight excluding hydrogens is 244 g/mol. The van der Waals surface area contributed by atoms with E-state index in [2.05, 4.69) is 4.98 Å². The minimum atomic E-state index is -2.78. The topological polar surface area (TPSA) is 59.4 Å². The number of rotatable bonds is 4. The standard InChI is InChI=1S/C9H8ClF2NO3/c1-16-8-5(2-6(14)15)13-3-4(7(8)10)9(11)12/h3,9H,2H2,1H3,(H,14,15). The van der Waals surface area contributed by atoms with E-state index in [1.165, 1.54) is 7.11 Å². The minimum Gasteiger partial charge on any atom is -0.493 e. The number of ether oxygens (including phenoxy) is 1. The highest BCUT2D eigenvalue weighted by Crippen LogP contribution is 2.35. The molecule has 0 aliphatic carbocycles. The van der Waals surface area contributed by atoms with Crippen molar-refractivity contribution in [2.75, 3.05) is 7.11 Å². The van der Waals surface area contributed by atoms with Crippen molar-refractivity contribution < 1.29 is 23.4 Å². The van der Waals surface area contributed by atoms with Crippen LogP contribution in [0.1, 0.15) is 17.7 Å². The number of methoxy groups -OCH3 is 1. The summed E-state index contributed by atoms with van der Waals surface area (Å²) in [5.74, 6) is -1.27. The Morgan fingerprint density at radius 3 is 2.75 bits per heavy atom. The van der Waals surface area contributed by atoms with E-state index in [0.717, 1.165) is 6.20 Å². The lowest BCUT2D eigenvalue weighted by Gasteiger charge is -2.11. The molecule has 0 saturated heterocycles. The lowest BCUT2D eigenvalue weighted by molar-refractivity contribution is -0.136. The molecule has 0 unspecified atom stereocenters. The van der Waals surface area contributed by atoms with Crippen LogP contribution in [0.4, 0.5) is 8.78 Å². The van der Waals surface area contributed by atoms with Gasteiger partial charge in [0.1, 0.15) is 0 Å². The van der Waals surface area contributed by atoms with E-state index in [0.29, 0.717) is 0 Å². The number of halogens is 3. The Bertz CT molecular complexity index is 412. The van der Waals surface area contributed by atoms with Gasteiger partial charge in [-0.25, -0.2) is 8.78 Å². The van der Waals surface area contributed by atoms with Gasteiger partial charge in [-0.2, -0.15) is 0 Å². The summed E-state index contributed by atoms with van der Waals surface area (Å²) in [6, 6.07) is 0. The van der Waals surface area contributed by atoms with Gasteiger partial charge in [-0.05, 0) is 0 Å². The number of alkyl halides is 2. The molecule has 0 saturated carbocycles. The fraction of sp³-hybridized carbons (Fsp3) is 0.333. The maximum Gasteiger partial charge on any atom is 0.309 e. The molecule has 0 aliphatic heterocycles. The minimum absolute atomic E-state index is 0.0180. The molecule has 4 nitrogen and oxygen atoms in total. The van der Waals surface area contributed by atoms with Gasteiger partial charge in [-0.15, -0.1) is 0 Å². The number of nitrogens with zero attached hydrogens (tertiary/aromatic N) is 1. The van der Waals surface area contributed by atoms with Gasteiger partial charge in [0.05, 0.1) is 29.8 Å². The van der Waals surface area contributed by atoms with E-state index in [-0.39, 0.29) is 16.5 Å². The number of hydrogen-bond donors (Lipinski definition) is 1. The molecule has 0 aliphatic rings. The first-order valence-corrected chi connectivity index (χ1v) is 4.56. The summed E-state index contributed by atoms with van der Waals surface area (Å²) in [4.78, 5) is 14.1. The summed E-state index contributed by atoms with van der Waals surface area (Å²) >= 11 is 5.65. The van der Waals surface area contributed by atoms with E-state index >= 15 is 0 Å². The summed E-state index contributed by atoms with van der Waals surface area (Å²) in [5, 5.41) is 8.27. The summed E-state index contributed by atoms with van der Waals surface area (Å²) in [6.07, 6.45) is -2.37. The number of pyridine rings is 1. The lowest BCUT2D eigenvalue weighted by atomic mass is 10.2. The summed E-state index contributed by atoms with van der Waals surface area (Å²) < 4.78 is 29.7. The average Bonchev–Trinajstić information content (AvgIpc) is 2.16. The molecular formula is C9H8ClF2NO3. The van der Waals surface area contributed by atoms with E-state index in [4.69, 9.17) is 21.4 Å². The van der Waals surface area contributed by atoms with Crippen molar-refractivity contribution in [3.8, 4) is 5.75 Å². The van der Waals surface area contributed by atoms with Crippen LogP contribution < -0.4 is 4.74 Å². The molecule has 0 radical (unpaired) electrons. The molecule has 1 aromatic rings. The second-order valence-corrected chi connectivity index (χ2v) is 3.26. The van der Waals surface area contributed by atoms with Gasteiger partial charge in [0.25, 0.3) is 6.43 Å². The predicted molar refractivity (Wildman–Crippen MR) is 52.1 cm³/mol. The van der Waals surface area contributed by atoms with Crippen molar-refractivity contribution in [1.82, 2.24) is 4.98 Å². The predicted octanol–water partition coefficient (Wildman–Crippen LogP) is 2.31. The van der Waals surface area contributed by atoms with Gasteiger partial charge in [0, 0.05) is 6.20 Å². The van der Waals surface area contributed by atoms with Gasteiger partial charge >= 0.3 is 5.97 Å². The van der Waals surface area contributed by atoms with Crippen LogP contribution in [0.15, 0.2) is 6.20 Å². The third-order valence-electron chi connectivity index (χ3n) is 1.83. The summed E-state index contributed by atoms with van der Waals surface area (Å²) in [5.41, 5.74) is -0.461. The maximum atomic E-state index is 12.4. The van der Waals surface area contributed by atoms with Crippen molar-refractivity contribution in [2.24, 2.45) is 0 Å². The molecule has 0 fully saturated rings. The Hall–Kier alpha value is -1.43. The zero-order chi connectivity index (χ0) is 12.3. The monoisotopic (exact) mass is 251 g/mol. The van der Waals surface area contributed by atoms with E-state index in [1.54, 1.807) is 0 Å². The fourth-order valence-corrected chi connectivity index (χ4v) is 1.47. The Morgan fingerprint density at radius 2 is 2.31 bits per heavy atom. The molecule has 0 aromatic carbocycles. The number of aliphatic carboxylic acids is 1.